The van der Waals surface area contributed by atoms with E-state index in [4.69, 9.17) is 10.00 Å². The standard InChI is InChI=1S/C26H27N7O2/c1-35-26(34)22-14-30-24(32-25-15-28-19(12-27)13-29-25)11-23(22)31-18-9-20-7-8-21(10-18)33(20)16-17-5-3-2-4-6-17/h2-6,11,13-15,18,20-21H,7-10,16H2,1H3,(H2,29,30,31,32)/t18-,20+,21-. The Morgan fingerprint density at radius 2 is 1.83 bits per heavy atom. The molecule has 2 bridgehead atoms. The molecule has 3 atom stereocenters. The Morgan fingerprint density at radius 3 is 2.49 bits per heavy atom. The number of nitriles is 1. The fourth-order valence-corrected chi connectivity index (χ4v) is 5.16. The molecule has 0 unspecified atom stereocenters. The molecule has 2 fully saturated rings. The van der Waals surface area contributed by atoms with E-state index in [9.17, 15) is 4.79 Å². The summed E-state index contributed by atoms with van der Waals surface area (Å²) in [6.07, 6.45) is 8.78. The van der Waals surface area contributed by atoms with Gasteiger partial charge in [-0.3, -0.25) is 4.90 Å². The van der Waals surface area contributed by atoms with Crippen LogP contribution in [-0.2, 0) is 11.3 Å². The molecule has 4 heterocycles. The van der Waals surface area contributed by atoms with Crippen molar-refractivity contribution >= 4 is 23.3 Å². The summed E-state index contributed by atoms with van der Waals surface area (Å²) in [5, 5.41) is 15.6. The Hall–Kier alpha value is -4.03. The number of methoxy groups -OCH3 is 1. The van der Waals surface area contributed by atoms with E-state index < -0.39 is 5.97 Å². The van der Waals surface area contributed by atoms with E-state index in [1.54, 1.807) is 6.07 Å². The zero-order valence-corrected chi connectivity index (χ0v) is 19.5. The first-order valence-corrected chi connectivity index (χ1v) is 11.8. The van der Waals surface area contributed by atoms with Crippen LogP contribution < -0.4 is 10.6 Å². The van der Waals surface area contributed by atoms with E-state index in [-0.39, 0.29) is 11.7 Å². The van der Waals surface area contributed by atoms with Crippen LogP contribution in [0.15, 0.2) is 55.0 Å². The molecule has 9 heteroatoms. The first kappa shape index (κ1) is 22.7. The number of benzene rings is 1. The van der Waals surface area contributed by atoms with Gasteiger partial charge < -0.3 is 15.4 Å². The average Bonchev–Trinajstić information content (AvgIpc) is 3.11. The van der Waals surface area contributed by atoms with Crippen molar-refractivity contribution in [2.24, 2.45) is 0 Å². The minimum atomic E-state index is -0.436. The highest BCUT2D eigenvalue weighted by molar-refractivity contribution is 5.96. The number of hydrogen-bond acceptors (Lipinski definition) is 9. The molecule has 0 saturated carbocycles. The van der Waals surface area contributed by atoms with Crippen LogP contribution in [0.4, 0.5) is 17.3 Å². The quantitative estimate of drug-likeness (QED) is 0.497. The van der Waals surface area contributed by atoms with Gasteiger partial charge in [0.2, 0.25) is 0 Å². The molecule has 0 amide bonds. The molecule has 1 aromatic carbocycles. The number of carbonyl (C=O) groups excluding carboxylic acids is 1. The molecule has 178 valence electrons. The van der Waals surface area contributed by atoms with Crippen molar-refractivity contribution in [2.45, 2.75) is 50.4 Å². The number of pyridine rings is 1. The maximum atomic E-state index is 12.4. The van der Waals surface area contributed by atoms with Gasteiger partial charge in [-0.1, -0.05) is 30.3 Å². The molecule has 2 saturated heterocycles. The molecule has 5 rings (SSSR count). The Morgan fingerprint density at radius 1 is 1.09 bits per heavy atom. The SMILES string of the molecule is COC(=O)c1cnc(Nc2cnc(C#N)cn2)cc1N[C@H]1C[C@H]2CC[C@@H](C1)N2Cc1ccccc1. The number of nitrogens with zero attached hydrogens (tertiary/aromatic N) is 5. The first-order valence-electron chi connectivity index (χ1n) is 11.8. The molecular formula is C26H27N7O2. The number of rotatable bonds is 7. The third-order valence-corrected chi connectivity index (χ3v) is 6.78. The van der Waals surface area contributed by atoms with Crippen LogP contribution in [0.25, 0.3) is 0 Å². The summed E-state index contributed by atoms with van der Waals surface area (Å²) in [6.45, 7) is 0.977. The van der Waals surface area contributed by atoms with Crippen molar-refractivity contribution in [1.82, 2.24) is 19.9 Å². The second kappa shape index (κ2) is 10.1. The van der Waals surface area contributed by atoms with Gasteiger partial charge in [0.25, 0.3) is 0 Å². The third kappa shape index (κ3) is 5.08. The van der Waals surface area contributed by atoms with E-state index in [1.165, 1.54) is 44.1 Å². The van der Waals surface area contributed by atoms with Gasteiger partial charge in [-0.05, 0) is 31.2 Å². The summed E-state index contributed by atoms with van der Waals surface area (Å²) in [4.78, 5) is 27.6. The fraction of sp³-hybridized carbons (Fsp3) is 0.346. The number of hydrogen-bond donors (Lipinski definition) is 2. The van der Waals surface area contributed by atoms with Crippen LogP contribution in [0.3, 0.4) is 0 Å². The summed E-state index contributed by atoms with van der Waals surface area (Å²) < 4.78 is 4.99. The fourth-order valence-electron chi connectivity index (χ4n) is 5.16. The summed E-state index contributed by atoms with van der Waals surface area (Å²) >= 11 is 0. The van der Waals surface area contributed by atoms with E-state index >= 15 is 0 Å². The van der Waals surface area contributed by atoms with Crippen molar-refractivity contribution in [2.75, 3.05) is 17.7 Å². The number of fused-ring (bicyclic) bond motifs is 2. The van der Waals surface area contributed by atoms with Crippen molar-refractivity contribution < 1.29 is 9.53 Å². The van der Waals surface area contributed by atoms with Gasteiger partial charge in [0.1, 0.15) is 23.3 Å². The molecular weight excluding hydrogens is 442 g/mol. The summed E-state index contributed by atoms with van der Waals surface area (Å²) in [7, 11) is 1.37. The second-order valence-electron chi connectivity index (χ2n) is 8.99. The summed E-state index contributed by atoms with van der Waals surface area (Å²) in [6, 6.07) is 15.6. The number of piperidine rings is 1. The monoisotopic (exact) mass is 469 g/mol. The van der Waals surface area contributed by atoms with Gasteiger partial charge in [0, 0.05) is 36.9 Å². The van der Waals surface area contributed by atoms with Gasteiger partial charge in [-0.15, -0.1) is 0 Å². The Bertz CT molecular complexity index is 1210. The molecule has 2 N–H and O–H groups in total. The lowest BCUT2D eigenvalue weighted by Gasteiger charge is -2.39. The molecule has 9 nitrogen and oxygen atoms in total. The normalized spacial score (nSPS) is 21.2. The lowest BCUT2D eigenvalue weighted by atomic mass is 9.96. The molecule has 0 spiro atoms. The number of carbonyl (C=O) groups is 1. The minimum absolute atomic E-state index is 0.236. The van der Waals surface area contributed by atoms with E-state index in [0.29, 0.717) is 35.0 Å². The molecule has 0 aliphatic carbocycles. The highest BCUT2D eigenvalue weighted by atomic mass is 16.5. The van der Waals surface area contributed by atoms with Crippen LogP contribution in [0.2, 0.25) is 0 Å². The highest BCUT2D eigenvalue weighted by Crippen LogP contribution is 2.38. The molecule has 2 aliphatic rings. The highest BCUT2D eigenvalue weighted by Gasteiger charge is 2.40. The lowest BCUT2D eigenvalue weighted by Crippen LogP contribution is -2.46. The second-order valence-corrected chi connectivity index (χ2v) is 8.99. The van der Waals surface area contributed by atoms with Crippen LogP contribution in [0.5, 0.6) is 0 Å². The number of esters is 1. The van der Waals surface area contributed by atoms with Gasteiger partial charge in [-0.25, -0.2) is 19.7 Å². The Labute approximate surface area is 204 Å². The van der Waals surface area contributed by atoms with Crippen LogP contribution >= 0.6 is 0 Å². The van der Waals surface area contributed by atoms with Gasteiger partial charge >= 0.3 is 5.97 Å². The number of ether oxygens (including phenoxy) is 1. The van der Waals surface area contributed by atoms with E-state index in [0.717, 1.165) is 19.4 Å². The van der Waals surface area contributed by atoms with Gasteiger partial charge in [-0.2, -0.15) is 5.26 Å². The zero-order chi connectivity index (χ0) is 24.2. The Kier molecular flexibility index (Phi) is 6.55. The van der Waals surface area contributed by atoms with Crippen molar-refractivity contribution in [3.8, 4) is 6.07 Å². The predicted molar refractivity (Wildman–Crippen MR) is 131 cm³/mol. The van der Waals surface area contributed by atoms with Crippen molar-refractivity contribution in [1.29, 1.82) is 5.26 Å². The van der Waals surface area contributed by atoms with E-state index in [2.05, 4.69) is 60.8 Å². The molecule has 0 radical (unpaired) electrons. The lowest BCUT2D eigenvalue weighted by molar-refractivity contribution is 0.0601. The summed E-state index contributed by atoms with van der Waals surface area (Å²) in [5.74, 6) is 0.540. The molecule has 2 aliphatic heterocycles. The average molecular weight is 470 g/mol. The van der Waals surface area contributed by atoms with E-state index in [1.807, 2.05) is 6.07 Å². The van der Waals surface area contributed by atoms with Crippen LogP contribution in [-0.4, -0.2) is 51.1 Å². The van der Waals surface area contributed by atoms with Crippen LogP contribution in [0, 0.1) is 11.3 Å². The van der Waals surface area contributed by atoms with Gasteiger partial charge in [0.15, 0.2) is 5.69 Å². The first-order chi connectivity index (χ1) is 17.1. The maximum Gasteiger partial charge on any atom is 0.341 e. The zero-order valence-electron chi connectivity index (χ0n) is 19.5. The van der Waals surface area contributed by atoms with Crippen molar-refractivity contribution in [3.63, 3.8) is 0 Å². The molecule has 2 aromatic heterocycles. The Balaban J connectivity index is 1.31. The number of aromatic nitrogens is 3. The third-order valence-electron chi connectivity index (χ3n) is 6.78. The maximum absolute atomic E-state index is 12.4. The number of anilines is 3. The summed E-state index contributed by atoms with van der Waals surface area (Å²) in [5.41, 5.74) is 2.65. The minimum Gasteiger partial charge on any atom is -0.465 e. The van der Waals surface area contributed by atoms with Crippen LogP contribution in [0.1, 0.15) is 47.3 Å². The van der Waals surface area contributed by atoms with Crippen molar-refractivity contribution in [3.05, 3.63) is 71.8 Å². The molecule has 35 heavy (non-hydrogen) atoms. The topological polar surface area (TPSA) is 116 Å². The predicted octanol–water partition coefficient (Wildman–Crippen LogP) is 3.88. The smallest absolute Gasteiger partial charge is 0.341 e. The molecule has 3 aromatic rings. The number of nitrogens with one attached hydrogen (secondary N) is 2. The van der Waals surface area contributed by atoms with Gasteiger partial charge in [0.05, 0.1) is 25.2 Å². The largest absolute Gasteiger partial charge is 0.465 e.